The molecule has 0 aromatic heterocycles. The Hall–Kier alpha value is -1.35. The summed E-state index contributed by atoms with van der Waals surface area (Å²) in [6, 6.07) is 7.14. The molecule has 1 atom stereocenters. The predicted molar refractivity (Wildman–Crippen MR) is 81.4 cm³/mol. The fourth-order valence-electron chi connectivity index (χ4n) is 2.08. The van der Waals surface area contributed by atoms with Gasteiger partial charge in [-0.15, -0.1) is 0 Å². The lowest BCUT2D eigenvalue weighted by molar-refractivity contribution is 0.0658. The first-order chi connectivity index (χ1) is 9.71. The lowest BCUT2D eigenvalue weighted by Gasteiger charge is -2.14. The van der Waals surface area contributed by atoms with Crippen molar-refractivity contribution >= 4 is 5.78 Å². The molecule has 20 heavy (non-hydrogen) atoms. The number of rotatable bonds is 10. The summed E-state index contributed by atoms with van der Waals surface area (Å²) < 4.78 is 10.6. The summed E-state index contributed by atoms with van der Waals surface area (Å²) in [5.41, 5.74) is 0.674. The van der Waals surface area contributed by atoms with Crippen molar-refractivity contribution in [3.8, 4) is 5.75 Å². The van der Waals surface area contributed by atoms with Gasteiger partial charge in [0.1, 0.15) is 12.4 Å². The quantitative estimate of drug-likeness (QED) is 0.604. The third-order valence-electron chi connectivity index (χ3n) is 3.54. The monoisotopic (exact) mass is 278 g/mol. The maximum Gasteiger partial charge on any atom is 0.188 e. The number of unbranched alkanes of at least 4 members (excludes halogenated alkanes) is 1. The fourth-order valence-corrected chi connectivity index (χ4v) is 2.08. The molecule has 0 heterocycles. The number of hydrogen-bond acceptors (Lipinski definition) is 3. The summed E-state index contributed by atoms with van der Waals surface area (Å²) in [6.45, 7) is 5.21. The van der Waals surface area contributed by atoms with E-state index in [4.69, 9.17) is 9.47 Å². The number of carbonyl (C=O) groups excluding carboxylic acids is 1. The molecular formula is C17H26O3. The lowest BCUT2D eigenvalue weighted by Crippen LogP contribution is -2.15. The van der Waals surface area contributed by atoms with Crippen LogP contribution in [0.3, 0.4) is 0 Å². The normalized spacial score (nSPS) is 12.2. The summed E-state index contributed by atoms with van der Waals surface area (Å²) >= 11 is 0. The Labute approximate surface area is 122 Å². The second kappa shape index (κ2) is 9.54. The minimum Gasteiger partial charge on any atom is -0.497 e. The van der Waals surface area contributed by atoms with Gasteiger partial charge in [-0.05, 0) is 36.6 Å². The van der Waals surface area contributed by atoms with Crippen LogP contribution in [0.25, 0.3) is 0 Å². The highest BCUT2D eigenvalue weighted by Gasteiger charge is 2.09. The molecule has 1 unspecified atom stereocenters. The van der Waals surface area contributed by atoms with E-state index in [9.17, 15) is 4.79 Å². The summed E-state index contributed by atoms with van der Waals surface area (Å²) in [5.74, 6) is 1.35. The van der Waals surface area contributed by atoms with E-state index in [0.29, 0.717) is 18.1 Å². The highest BCUT2D eigenvalue weighted by molar-refractivity contribution is 5.97. The Morgan fingerprint density at radius 2 is 1.90 bits per heavy atom. The van der Waals surface area contributed by atoms with Crippen LogP contribution in [0, 0.1) is 5.92 Å². The minimum atomic E-state index is 0.0259. The first kappa shape index (κ1) is 16.7. The van der Waals surface area contributed by atoms with E-state index in [0.717, 1.165) is 12.2 Å². The molecule has 0 amide bonds. The van der Waals surface area contributed by atoms with Gasteiger partial charge in [0, 0.05) is 12.2 Å². The number of hydrogen-bond donors (Lipinski definition) is 0. The summed E-state index contributed by atoms with van der Waals surface area (Å²) in [7, 11) is 1.61. The van der Waals surface area contributed by atoms with Gasteiger partial charge in [-0.2, -0.15) is 0 Å². The van der Waals surface area contributed by atoms with Gasteiger partial charge in [-0.1, -0.05) is 33.1 Å². The zero-order valence-corrected chi connectivity index (χ0v) is 12.9. The molecular weight excluding hydrogens is 252 g/mol. The van der Waals surface area contributed by atoms with Gasteiger partial charge < -0.3 is 9.47 Å². The first-order valence-electron chi connectivity index (χ1n) is 7.46. The average molecular weight is 278 g/mol. The van der Waals surface area contributed by atoms with Crippen LogP contribution in [0.2, 0.25) is 0 Å². The van der Waals surface area contributed by atoms with Crippen molar-refractivity contribution in [3.63, 3.8) is 0 Å². The van der Waals surface area contributed by atoms with Crippen LogP contribution in [0.5, 0.6) is 5.75 Å². The van der Waals surface area contributed by atoms with Crippen molar-refractivity contribution in [2.24, 2.45) is 5.92 Å². The molecule has 0 aliphatic rings. The first-order valence-corrected chi connectivity index (χ1v) is 7.46. The second-order valence-electron chi connectivity index (χ2n) is 5.08. The number of ketones is 1. The highest BCUT2D eigenvalue weighted by atomic mass is 16.5. The molecule has 0 radical (unpaired) electrons. The summed E-state index contributed by atoms with van der Waals surface area (Å²) in [4.78, 5) is 12.0. The van der Waals surface area contributed by atoms with Crippen molar-refractivity contribution in [1.29, 1.82) is 0 Å². The zero-order chi connectivity index (χ0) is 14.8. The molecule has 1 aromatic carbocycles. The molecule has 0 bridgehead atoms. The molecule has 0 fully saturated rings. The van der Waals surface area contributed by atoms with Crippen LogP contribution >= 0.6 is 0 Å². The molecule has 1 aromatic rings. The van der Waals surface area contributed by atoms with Gasteiger partial charge in [0.2, 0.25) is 0 Å². The van der Waals surface area contributed by atoms with Crippen LogP contribution in [0.1, 0.15) is 49.9 Å². The third-order valence-corrected chi connectivity index (χ3v) is 3.54. The second-order valence-corrected chi connectivity index (χ2v) is 5.08. The third kappa shape index (κ3) is 5.74. The van der Waals surface area contributed by atoms with Crippen molar-refractivity contribution in [2.45, 2.75) is 39.5 Å². The van der Waals surface area contributed by atoms with Crippen LogP contribution in [0.4, 0.5) is 0 Å². The molecule has 0 aliphatic heterocycles. The van der Waals surface area contributed by atoms with Crippen LogP contribution in [-0.4, -0.2) is 26.1 Å². The smallest absolute Gasteiger partial charge is 0.188 e. The van der Waals surface area contributed by atoms with Gasteiger partial charge >= 0.3 is 0 Å². The predicted octanol–water partition coefficient (Wildman–Crippen LogP) is 4.11. The Morgan fingerprint density at radius 1 is 1.20 bits per heavy atom. The van der Waals surface area contributed by atoms with E-state index in [1.54, 1.807) is 31.4 Å². The minimum absolute atomic E-state index is 0.0259. The molecule has 0 saturated heterocycles. The Balaban J connectivity index is 2.34. The Kier molecular flexibility index (Phi) is 7.97. The van der Waals surface area contributed by atoms with E-state index in [1.807, 2.05) is 0 Å². The van der Waals surface area contributed by atoms with Gasteiger partial charge in [0.05, 0.1) is 7.11 Å². The lowest BCUT2D eigenvalue weighted by atomic mass is 10.0. The highest BCUT2D eigenvalue weighted by Crippen LogP contribution is 2.14. The maximum absolute atomic E-state index is 12.0. The molecule has 112 valence electrons. The summed E-state index contributed by atoms with van der Waals surface area (Å²) in [6.07, 6.45) is 4.73. The number of Topliss-reactive ketones (excluding diaryl/α,β-unsaturated/α-hetero) is 1. The van der Waals surface area contributed by atoms with E-state index in [1.165, 1.54) is 19.3 Å². The van der Waals surface area contributed by atoms with Gasteiger partial charge in [0.15, 0.2) is 5.78 Å². The van der Waals surface area contributed by atoms with E-state index < -0.39 is 0 Å². The zero-order valence-electron chi connectivity index (χ0n) is 12.9. The van der Waals surface area contributed by atoms with Crippen molar-refractivity contribution < 1.29 is 14.3 Å². The Morgan fingerprint density at radius 3 is 2.45 bits per heavy atom. The van der Waals surface area contributed by atoms with E-state index in [-0.39, 0.29) is 12.4 Å². The average Bonchev–Trinajstić information content (AvgIpc) is 2.50. The van der Waals surface area contributed by atoms with Crippen LogP contribution in [-0.2, 0) is 4.74 Å². The van der Waals surface area contributed by atoms with Crippen molar-refractivity contribution in [2.75, 3.05) is 20.3 Å². The molecule has 0 spiro atoms. The summed E-state index contributed by atoms with van der Waals surface area (Å²) in [5, 5.41) is 0. The van der Waals surface area contributed by atoms with Crippen molar-refractivity contribution in [1.82, 2.24) is 0 Å². The number of carbonyl (C=O) groups is 1. The Bertz CT molecular complexity index is 384. The maximum atomic E-state index is 12.0. The molecule has 0 aliphatic carbocycles. The SMILES string of the molecule is CCCCC(CC)COCC(=O)c1ccc(OC)cc1. The number of ether oxygens (including phenoxy) is 2. The van der Waals surface area contributed by atoms with Gasteiger partial charge in [-0.25, -0.2) is 0 Å². The van der Waals surface area contributed by atoms with E-state index in [2.05, 4.69) is 13.8 Å². The molecule has 3 nitrogen and oxygen atoms in total. The molecule has 0 N–H and O–H groups in total. The van der Waals surface area contributed by atoms with Gasteiger partial charge in [0.25, 0.3) is 0 Å². The number of benzene rings is 1. The molecule has 3 heteroatoms. The topological polar surface area (TPSA) is 35.5 Å². The van der Waals surface area contributed by atoms with E-state index >= 15 is 0 Å². The van der Waals surface area contributed by atoms with Crippen molar-refractivity contribution in [3.05, 3.63) is 29.8 Å². The van der Waals surface area contributed by atoms with Gasteiger partial charge in [-0.3, -0.25) is 4.79 Å². The number of methoxy groups -OCH3 is 1. The largest absolute Gasteiger partial charge is 0.497 e. The van der Waals surface area contributed by atoms with Crippen LogP contribution in [0.15, 0.2) is 24.3 Å². The van der Waals surface area contributed by atoms with Crippen LogP contribution < -0.4 is 4.74 Å². The molecule has 1 rings (SSSR count). The standard InChI is InChI=1S/C17H26O3/c1-4-6-7-14(5-2)12-20-13-17(18)15-8-10-16(19-3)11-9-15/h8-11,14H,4-7,12-13H2,1-3H3. The molecule has 0 saturated carbocycles. The fraction of sp³-hybridized carbons (Fsp3) is 0.588.